The van der Waals surface area contributed by atoms with Crippen LogP contribution in [-0.4, -0.2) is 45.6 Å². The van der Waals surface area contributed by atoms with Gasteiger partial charge in [0.25, 0.3) is 5.09 Å². The molecule has 3 rings (SSSR count). The smallest absolute Gasteiger partial charge is 0.308 e. The fourth-order valence-electron chi connectivity index (χ4n) is 4.92. The molecule has 2 atom stereocenters. The number of carbonyl (C=O) groups excluding carboxylic acids is 1. The average molecular weight is 625 g/mol. The van der Waals surface area contributed by atoms with E-state index in [0.717, 1.165) is 33.6 Å². The zero-order chi connectivity index (χ0) is 33.1. The molecule has 0 aliphatic carbocycles. The fourth-order valence-corrected chi connectivity index (χ4v) is 4.92. The number of aliphatic hydroxyl groups is 2. The predicted molar refractivity (Wildman–Crippen MR) is 167 cm³/mol. The van der Waals surface area contributed by atoms with E-state index in [9.17, 15) is 29.5 Å². The standard InChI is InChI=1S/C34H41FN2O8/c1-21(2)33-29(32(25-10-12-26(35)13-11-25)30(20-43-5)34(36-33)22(3)4)15-14-27(38)16-28(39)17-31(40)44-18-23-6-8-24(9-7-23)19-45-37(41)42/h6-15,21-22,27-28,38-39H,16-20H2,1-5H3/b15-14+/t27-,28-/m1/s1. The number of pyridine rings is 1. The van der Waals surface area contributed by atoms with Crippen LogP contribution in [0.15, 0.2) is 54.6 Å². The molecule has 0 spiro atoms. The van der Waals surface area contributed by atoms with Crippen LogP contribution in [0.2, 0.25) is 0 Å². The first-order valence-corrected chi connectivity index (χ1v) is 14.8. The number of rotatable bonds is 16. The van der Waals surface area contributed by atoms with E-state index in [-0.39, 0.29) is 50.3 Å². The summed E-state index contributed by atoms with van der Waals surface area (Å²) in [5, 5.41) is 30.8. The minimum Gasteiger partial charge on any atom is -0.461 e. The highest BCUT2D eigenvalue weighted by molar-refractivity contribution is 5.80. The molecule has 242 valence electrons. The number of halogens is 1. The SMILES string of the molecule is COCc1c(C(C)C)nc(C(C)C)c(/C=C/[C@@H](O)C[C@@H](O)CC(=O)OCc2ccc(CO[N+](=O)[O-])cc2)c1-c1ccc(F)cc1. The number of methoxy groups -OCH3 is 1. The summed E-state index contributed by atoms with van der Waals surface area (Å²) in [6, 6.07) is 12.8. The lowest BCUT2D eigenvalue weighted by molar-refractivity contribution is -0.763. The highest BCUT2D eigenvalue weighted by Gasteiger charge is 2.23. The van der Waals surface area contributed by atoms with Gasteiger partial charge < -0.3 is 24.5 Å². The van der Waals surface area contributed by atoms with E-state index in [1.807, 2.05) is 13.8 Å². The summed E-state index contributed by atoms with van der Waals surface area (Å²) in [5.74, 6) is -0.869. The number of hydrogen-bond donors (Lipinski definition) is 2. The number of aromatic nitrogens is 1. The lowest BCUT2D eigenvalue weighted by Crippen LogP contribution is -2.20. The normalized spacial score (nSPS) is 12.9. The molecule has 0 aliphatic rings. The Morgan fingerprint density at radius 3 is 2.11 bits per heavy atom. The van der Waals surface area contributed by atoms with Crippen LogP contribution in [0.5, 0.6) is 0 Å². The van der Waals surface area contributed by atoms with Crippen molar-refractivity contribution in [2.75, 3.05) is 7.11 Å². The number of aliphatic hydroxyl groups excluding tert-OH is 2. The molecule has 3 aromatic rings. The third-order valence-corrected chi connectivity index (χ3v) is 7.07. The highest BCUT2D eigenvalue weighted by atomic mass is 19.1. The van der Waals surface area contributed by atoms with Crippen LogP contribution in [-0.2, 0) is 38.9 Å². The van der Waals surface area contributed by atoms with Gasteiger partial charge in [0.2, 0.25) is 0 Å². The van der Waals surface area contributed by atoms with Crippen molar-refractivity contribution in [1.29, 1.82) is 0 Å². The predicted octanol–water partition coefficient (Wildman–Crippen LogP) is 6.25. The van der Waals surface area contributed by atoms with Crippen molar-refractivity contribution in [2.24, 2.45) is 0 Å². The van der Waals surface area contributed by atoms with Gasteiger partial charge in [-0.15, -0.1) is 10.1 Å². The molecule has 0 amide bonds. The van der Waals surface area contributed by atoms with Crippen LogP contribution in [0.4, 0.5) is 4.39 Å². The van der Waals surface area contributed by atoms with Crippen molar-refractivity contribution < 1.29 is 38.8 Å². The molecular formula is C34H41FN2O8. The molecule has 10 nitrogen and oxygen atoms in total. The molecule has 11 heteroatoms. The van der Waals surface area contributed by atoms with E-state index >= 15 is 0 Å². The minimum absolute atomic E-state index is 0.0287. The van der Waals surface area contributed by atoms with E-state index in [0.29, 0.717) is 11.1 Å². The maximum atomic E-state index is 13.9. The number of hydrogen-bond acceptors (Lipinski definition) is 9. The monoisotopic (exact) mass is 624 g/mol. The second-order valence-electron chi connectivity index (χ2n) is 11.4. The molecule has 0 fully saturated rings. The summed E-state index contributed by atoms with van der Waals surface area (Å²) >= 11 is 0. The van der Waals surface area contributed by atoms with Gasteiger partial charge in [0.05, 0.1) is 30.9 Å². The molecule has 1 heterocycles. The van der Waals surface area contributed by atoms with Crippen LogP contribution in [0, 0.1) is 15.9 Å². The van der Waals surface area contributed by atoms with Gasteiger partial charge in [-0.2, -0.15) is 0 Å². The van der Waals surface area contributed by atoms with Crippen LogP contribution < -0.4 is 0 Å². The van der Waals surface area contributed by atoms with Gasteiger partial charge in [0.15, 0.2) is 0 Å². The van der Waals surface area contributed by atoms with Crippen molar-refractivity contribution in [1.82, 2.24) is 4.98 Å². The van der Waals surface area contributed by atoms with E-state index in [1.165, 1.54) is 12.1 Å². The van der Waals surface area contributed by atoms with E-state index < -0.39 is 23.3 Å². The maximum absolute atomic E-state index is 13.9. The third-order valence-electron chi connectivity index (χ3n) is 7.07. The number of benzene rings is 2. The molecule has 2 N–H and O–H groups in total. The summed E-state index contributed by atoms with van der Waals surface area (Å²) in [5.41, 5.74) is 6.20. The van der Waals surface area contributed by atoms with Gasteiger partial charge >= 0.3 is 5.97 Å². The second-order valence-corrected chi connectivity index (χ2v) is 11.4. The van der Waals surface area contributed by atoms with Gasteiger partial charge in [-0.25, -0.2) is 4.39 Å². The Balaban J connectivity index is 1.74. The van der Waals surface area contributed by atoms with Crippen molar-refractivity contribution in [3.63, 3.8) is 0 Å². The topological polar surface area (TPSA) is 141 Å². The molecule has 0 bridgehead atoms. The average Bonchev–Trinajstić information content (AvgIpc) is 2.98. The molecule has 0 radical (unpaired) electrons. The lowest BCUT2D eigenvalue weighted by Gasteiger charge is -2.23. The summed E-state index contributed by atoms with van der Waals surface area (Å²) in [6.07, 6.45) is 0.646. The largest absolute Gasteiger partial charge is 0.461 e. The second kappa shape index (κ2) is 16.8. The lowest BCUT2D eigenvalue weighted by atomic mass is 9.87. The van der Waals surface area contributed by atoms with E-state index in [1.54, 1.807) is 55.7 Å². The Kier molecular flexibility index (Phi) is 13.1. The van der Waals surface area contributed by atoms with Gasteiger partial charge in [-0.05, 0) is 46.2 Å². The minimum atomic E-state index is -1.16. The van der Waals surface area contributed by atoms with Crippen molar-refractivity contribution >= 4 is 12.0 Å². The Morgan fingerprint density at radius 2 is 1.56 bits per heavy atom. The van der Waals surface area contributed by atoms with E-state index in [2.05, 4.69) is 18.7 Å². The number of esters is 1. The number of ether oxygens (including phenoxy) is 2. The summed E-state index contributed by atoms with van der Waals surface area (Å²) in [6.45, 7) is 8.22. The molecule has 0 saturated carbocycles. The van der Waals surface area contributed by atoms with E-state index in [4.69, 9.17) is 14.5 Å². The zero-order valence-corrected chi connectivity index (χ0v) is 26.2. The molecule has 2 aromatic carbocycles. The Morgan fingerprint density at radius 1 is 0.956 bits per heavy atom. The van der Waals surface area contributed by atoms with Gasteiger partial charge in [0, 0.05) is 30.4 Å². The molecule has 45 heavy (non-hydrogen) atoms. The first-order valence-electron chi connectivity index (χ1n) is 14.8. The van der Waals surface area contributed by atoms with Crippen LogP contribution in [0.1, 0.15) is 86.0 Å². The van der Waals surface area contributed by atoms with Crippen LogP contribution in [0.3, 0.4) is 0 Å². The summed E-state index contributed by atoms with van der Waals surface area (Å²) in [7, 11) is 1.61. The van der Waals surface area contributed by atoms with Gasteiger partial charge in [-0.1, -0.05) is 76.2 Å². The molecule has 0 aliphatic heterocycles. The van der Waals surface area contributed by atoms with Crippen LogP contribution in [0.25, 0.3) is 17.2 Å². The maximum Gasteiger partial charge on any atom is 0.308 e. The Hall–Kier alpha value is -4.19. The van der Waals surface area contributed by atoms with Crippen molar-refractivity contribution in [3.8, 4) is 11.1 Å². The van der Waals surface area contributed by atoms with Gasteiger partial charge in [0.1, 0.15) is 19.0 Å². The quantitative estimate of drug-likeness (QED) is 0.107. The summed E-state index contributed by atoms with van der Waals surface area (Å²) < 4.78 is 24.7. The molecule has 1 aromatic heterocycles. The number of nitrogens with zero attached hydrogens (tertiary/aromatic N) is 2. The van der Waals surface area contributed by atoms with Crippen molar-refractivity contribution in [3.05, 3.63) is 104 Å². The summed E-state index contributed by atoms with van der Waals surface area (Å²) in [4.78, 5) is 32.0. The molecular weight excluding hydrogens is 583 g/mol. The number of carbonyl (C=O) groups is 1. The van der Waals surface area contributed by atoms with Crippen molar-refractivity contribution in [2.45, 2.75) is 84.4 Å². The first kappa shape index (κ1) is 35.3. The fraction of sp³-hybridized carbons (Fsp3) is 0.412. The van der Waals surface area contributed by atoms with Crippen LogP contribution >= 0.6 is 0 Å². The Bertz CT molecular complexity index is 1460. The highest BCUT2D eigenvalue weighted by Crippen LogP contribution is 2.38. The zero-order valence-electron chi connectivity index (χ0n) is 26.2. The third kappa shape index (κ3) is 10.4. The first-order chi connectivity index (χ1) is 21.4. The molecule has 0 saturated heterocycles. The van der Waals surface area contributed by atoms with Gasteiger partial charge in [-0.3, -0.25) is 9.78 Å². The molecule has 0 unspecified atom stereocenters. The Labute approximate surface area is 262 Å².